The zero-order valence-electron chi connectivity index (χ0n) is 11.3. The van der Waals surface area contributed by atoms with Crippen molar-refractivity contribution in [2.45, 2.75) is 0 Å². The molecule has 1 aromatic carbocycles. The molecule has 1 rings (SSSR count). The molecular formula is C14H14O6. The summed E-state index contributed by atoms with van der Waals surface area (Å²) in [4.78, 5) is 34.2. The summed E-state index contributed by atoms with van der Waals surface area (Å²) in [6.07, 6.45) is 1.03. The maximum Gasteiger partial charge on any atom is 0.338 e. The summed E-state index contributed by atoms with van der Waals surface area (Å²) in [6.45, 7) is 0. The van der Waals surface area contributed by atoms with Gasteiger partial charge in [-0.25, -0.2) is 14.4 Å². The highest BCUT2D eigenvalue weighted by molar-refractivity contribution is 6.20. The Labute approximate surface area is 115 Å². The number of ether oxygens (including phenoxy) is 3. The molecule has 0 heterocycles. The van der Waals surface area contributed by atoms with Crippen LogP contribution in [0.2, 0.25) is 0 Å². The molecule has 0 amide bonds. The van der Waals surface area contributed by atoms with Crippen molar-refractivity contribution in [2.75, 3.05) is 21.3 Å². The van der Waals surface area contributed by atoms with Gasteiger partial charge < -0.3 is 14.2 Å². The fourth-order valence-electron chi connectivity index (χ4n) is 1.45. The van der Waals surface area contributed by atoms with Crippen molar-refractivity contribution in [1.82, 2.24) is 0 Å². The third kappa shape index (κ3) is 3.68. The predicted molar refractivity (Wildman–Crippen MR) is 69.8 cm³/mol. The van der Waals surface area contributed by atoms with Gasteiger partial charge in [0.1, 0.15) is 0 Å². The summed E-state index contributed by atoms with van der Waals surface area (Å²) in [6, 6.07) is 5.99. The average molecular weight is 278 g/mol. The Kier molecular flexibility index (Phi) is 5.46. The molecule has 0 aliphatic rings. The summed E-state index contributed by atoms with van der Waals surface area (Å²) in [5.41, 5.74) is 0.796. The highest BCUT2D eigenvalue weighted by Gasteiger charge is 2.15. The number of carbonyl (C=O) groups excluding carboxylic acids is 3. The first-order valence-corrected chi connectivity index (χ1v) is 5.60. The molecule has 0 radical (unpaired) electrons. The van der Waals surface area contributed by atoms with Gasteiger partial charge in [0.05, 0.1) is 32.5 Å². The summed E-state index contributed by atoms with van der Waals surface area (Å²) < 4.78 is 13.7. The molecule has 0 aromatic heterocycles. The SMILES string of the molecule is COC(=O)/C=C(\C(=O)OC)c1ccc(C(=O)OC)cc1. The van der Waals surface area contributed by atoms with Crippen molar-refractivity contribution in [3.05, 3.63) is 41.5 Å². The lowest BCUT2D eigenvalue weighted by molar-refractivity contribution is -0.136. The highest BCUT2D eigenvalue weighted by Crippen LogP contribution is 2.17. The lowest BCUT2D eigenvalue weighted by Crippen LogP contribution is -2.08. The molecule has 0 N–H and O–H groups in total. The molecule has 0 bridgehead atoms. The molecule has 6 heteroatoms. The van der Waals surface area contributed by atoms with E-state index in [-0.39, 0.29) is 5.57 Å². The summed E-state index contributed by atoms with van der Waals surface area (Å²) in [5.74, 6) is -1.85. The Morgan fingerprint density at radius 2 is 1.40 bits per heavy atom. The van der Waals surface area contributed by atoms with E-state index < -0.39 is 17.9 Å². The van der Waals surface area contributed by atoms with Crippen molar-refractivity contribution in [3.8, 4) is 0 Å². The Balaban J connectivity index is 3.15. The molecule has 0 fully saturated rings. The molecule has 1 aromatic rings. The molecule has 0 unspecified atom stereocenters. The summed E-state index contributed by atoms with van der Waals surface area (Å²) in [5, 5.41) is 0. The van der Waals surface area contributed by atoms with Crippen molar-refractivity contribution in [1.29, 1.82) is 0 Å². The number of carbonyl (C=O) groups is 3. The molecule has 0 spiro atoms. The largest absolute Gasteiger partial charge is 0.466 e. The molecular weight excluding hydrogens is 264 g/mol. The molecule has 0 aliphatic heterocycles. The first kappa shape index (κ1) is 15.4. The average Bonchev–Trinajstić information content (AvgIpc) is 2.50. The number of rotatable bonds is 4. The Hall–Kier alpha value is -2.63. The second-order valence-electron chi connectivity index (χ2n) is 3.64. The Morgan fingerprint density at radius 1 is 0.850 bits per heavy atom. The number of hydrogen-bond acceptors (Lipinski definition) is 6. The van der Waals surface area contributed by atoms with Gasteiger partial charge in [-0.3, -0.25) is 0 Å². The minimum atomic E-state index is -0.679. The van der Waals surface area contributed by atoms with Crippen LogP contribution in [0.5, 0.6) is 0 Å². The van der Waals surface area contributed by atoms with Crippen molar-refractivity contribution < 1.29 is 28.6 Å². The normalized spacial score (nSPS) is 10.7. The standard InChI is InChI=1S/C14H14O6/c1-18-12(15)8-11(14(17)20-3)9-4-6-10(7-5-9)13(16)19-2/h4-8H,1-3H3/b11-8-. The van der Waals surface area contributed by atoms with Crippen LogP contribution in [0.15, 0.2) is 30.3 Å². The van der Waals surface area contributed by atoms with Crippen molar-refractivity contribution in [3.63, 3.8) is 0 Å². The minimum absolute atomic E-state index is 0.0377. The topological polar surface area (TPSA) is 78.9 Å². The second kappa shape index (κ2) is 7.08. The molecule has 0 aliphatic carbocycles. The van der Waals surface area contributed by atoms with Gasteiger partial charge in [-0.2, -0.15) is 0 Å². The van der Waals surface area contributed by atoms with E-state index in [4.69, 9.17) is 0 Å². The van der Waals surface area contributed by atoms with E-state index in [1.54, 1.807) is 0 Å². The highest BCUT2D eigenvalue weighted by atomic mass is 16.5. The van der Waals surface area contributed by atoms with E-state index in [1.165, 1.54) is 45.6 Å². The van der Waals surface area contributed by atoms with Gasteiger partial charge >= 0.3 is 17.9 Å². The number of benzene rings is 1. The van der Waals surface area contributed by atoms with Gasteiger partial charge in [0.2, 0.25) is 0 Å². The maximum atomic E-state index is 11.6. The summed E-state index contributed by atoms with van der Waals surface area (Å²) >= 11 is 0. The van der Waals surface area contributed by atoms with E-state index in [1.807, 2.05) is 0 Å². The smallest absolute Gasteiger partial charge is 0.338 e. The molecule has 0 saturated heterocycles. The van der Waals surface area contributed by atoms with Crippen molar-refractivity contribution >= 4 is 23.5 Å². The van der Waals surface area contributed by atoms with E-state index in [2.05, 4.69) is 14.2 Å². The lowest BCUT2D eigenvalue weighted by atomic mass is 10.0. The van der Waals surface area contributed by atoms with Gasteiger partial charge in [0.15, 0.2) is 0 Å². The Morgan fingerprint density at radius 3 is 1.85 bits per heavy atom. The molecule has 20 heavy (non-hydrogen) atoms. The van der Waals surface area contributed by atoms with Crippen LogP contribution in [-0.2, 0) is 23.8 Å². The van der Waals surface area contributed by atoms with Crippen LogP contribution in [0.1, 0.15) is 15.9 Å². The zero-order chi connectivity index (χ0) is 15.1. The first-order chi connectivity index (χ1) is 9.53. The molecule has 106 valence electrons. The van der Waals surface area contributed by atoms with Crippen LogP contribution in [0.3, 0.4) is 0 Å². The predicted octanol–water partition coefficient (Wildman–Crippen LogP) is 1.20. The van der Waals surface area contributed by atoms with E-state index in [0.29, 0.717) is 11.1 Å². The van der Waals surface area contributed by atoms with Gasteiger partial charge in [0.25, 0.3) is 0 Å². The van der Waals surface area contributed by atoms with Crippen LogP contribution in [0, 0.1) is 0 Å². The third-order valence-corrected chi connectivity index (χ3v) is 2.49. The quantitative estimate of drug-likeness (QED) is 0.468. The van der Waals surface area contributed by atoms with Crippen LogP contribution >= 0.6 is 0 Å². The fourth-order valence-corrected chi connectivity index (χ4v) is 1.45. The molecule has 0 atom stereocenters. The van der Waals surface area contributed by atoms with Crippen molar-refractivity contribution in [2.24, 2.45) is 0 Å². The third-order valence-electron chi connectivity index (χ3n) is 2.49. The number of hydrogen-bond donors (Lipinski definition) is 0. The van der Waals surface area contributed by atoms with E-state index >= 15 is 0 Å². The van der Waals surface area contributed by atoms with Gasteiger partial charge in [0, 0.05) is 6.08 Å². The molecule has 6 nitrogen and oxygen atoms in total. The first-order valence-electron chi connectivity index (χ1n) is 5.60. The van der Waals surface area contributed by atoms with Crippen LogP contribution in [0.25, 0.3) is 5.57 Å². The number of methoxy groups -OCH3 is 3. The van der Waals surface area contributed by atoms with Crippen LogP contribution < -0.4 is 0 Å². The monoisotopic (exact) mass is 278 g/mol. The van der Waals surface area contributed by atoms with Gasteiger partial charge in [-0.1, -0.05) is 12.1 Å². The minimum Gasteiger partial charge on any atom is -0.466 e. The fraction of sp³-hybridized carbons (Fsp3) is 0.214. The van der Waals surface area contributed by atoms with Crippen LogP contribution in [0.4, 0.5) is 0 Å². The lowest BCUT2D eigenvalue weighted by Gasteiger charge is -2.06. The second-order valence-corrected chi connectivity index (χ2v) is 3.64. The maximum absolute atomic E-state index is 11.6. The Bertz CT molecular complexity index is 541. The van der Waals surface area contributed by atoms with Gasteiger partial charge in [-0.05, 0) is 17.7 Å². The number of esters is 3. The summed E-state index contributed by atoms with van der Waals surface area (Å²) in [7, 11) is 3.68. The van der Waals surface area contributed by atoms with Crippen LogP contribution in [-0.4, -0.2) is 39.2 Å². The van der Waals surface area contributed by atoms with E-state index in [9.17, 15) is 14.4 Å². The van der Waals surface area contributed by atoms with Gasteiger partial charge in [-0.15, -0.1) is 0 Å². The molecule has 0 saturated carbocycles. The van der Waals surface area contributed by atoms with E-state index in [0.717, 1.165) is 6.08 Å². The zero-order valence-corrected chi connectivity index (χ0v) is 11.3.